The average molecular weight is 455 g/mol. The Morgan fingerprint density at radius 3 is 2.18 bits per heavy atom. The van der Waals surface area contributed by atoms with Crippen LogP contribution in [-0.4, -0.2) is 11.2 Å². The molecule has 5 saturated carbocycles. The molecule has 0 aliphatic heterocycles. The van der Waals surface area contributed by atoms with Crippen molar-refractivity contribution in [3.63, 3.8) is 0 Å². The van der Waals surface area contributed by atoms with Gasteiger partial charge >= 0.3 is 0 Å². The molecular weight excluding hydrogens is 400 g/mol. The number of fused-ring (bicyclic) bond motifs is 2. The van der Waals surface area contributed by atoms with Crippen molar-refractivity contribution in [2.75, 3.05) is 0 Å². The molecule has 2 spiro atoms. The van der Waals surface area contributed by atoms with E-state index < -0.39 is 0 Å². The molecule has 0 amide bonds. The van der Waals surface area contributed by atoms with E-state index in [4.69, 9.17) is 0 Å². The zero-order valence-electron chi connectivity index (χ0n) is 23.3. The van der Waals surface area contributed by atoms with E-state index in [9.17, 15) is 5.11 Å². The van der Waals surface area contributed by atoms with E-state index in [1.165, 1.54) is 64.2 Å². The summed E-state index contributed by atoms with van der Waals surface area (Å²) in [4.78, 5) is 0. The van der Waals surface area contributed by atoms with Gasteiger partial charge in [0.1, 0.15) is 0 Å². The number of rotatable bonds is 5. The number of aliphatic hydroxyl groups excluding tert-OH is 1. The highest BCUT2D eigenvalue weighted by molar-refractivity contribution is 5.30. The summed E-state index contributed by atoms with van der Waals surface area (Å²) in [7, 11) is 0. The number of aliphatic hydroxyl groups is 1. The van der Waals surface area contributed by atoms with Crippen LogP contribution in [0.2, 0.25) is 0 Å². The fraction of sp³-hybridized carbons (Fsp3) is 0.938. The molecule has 5 aliphatic carbocycles. The smallest absolute Gasteiger partial charge is 0.0594 e. The summed E-state index contributed by atoms with van der Waals surface area (Å²) in [5.41, 5.74) is 4.02. The van der Waals surface area contributed by atoms with Crippen molar-refractivity contribution in [2.24, 2.45) is 56.7 Å². The second-order valence-electron chi connectivity index (χ2n) is 15.1. The van der Waals surface area contributed by atoms with E-state index in [0.29, 0.717) is 27.6 Å². The maximum atomic E-state index is 10.9. The molecule has 0 aromatic carbocycles. The molecule has 0 radical (unpaired) electrons. The lowest BCUT2D eigenvalue weighted by Gasteiger charge is -2.63. The van der Waals surface area contributed by atoms with Crippen LogP contribution >= 0.6 is 0 Å². The maximum Gasteiger partial charge on any atom is 0.0594 e. The topological polar surface area (TPSA) is 20.2 Å². The first kappa shape index (κ1) is 24.4. The van der Waals surface area contributed by atoms with Gasteiger partial charge in [0, 0.05) is 0 Å². The minimum absolute atomic E-state index is 0.0867. The number of hydrogen-bond donors (Lipinski definition) is 1. The minimum Gasteiger partial charge on any atom is -0.393 e. The van der Waals surface area contributed by atoms with Gasteiger partial charge in [0.25, 0.3) is 0 Å². The van der Waals surface area contributed by atoms with Gasteiger partial charge < -0.3 is 5.11 Å². The van der Waals surface area contributed by atoms with Crippen LogP contribution < -0.4 is 0 Å². The van der Waals surface area contributed by atoms with E-state index in [-0.39, 0.29) is 11.5 Å². The van der Waals surface area contributed by atoms with Gasteiger partial charge in [-0.15, -0.1) is 0 Å². The number of hydrogen-bond acceptors (Lipinski definition) is 1. The maximum absolute atomic E-state index is 10.9. The van der Waals surface area contributed by atoms with Gasteiger partial charge in [-0.3, -0.25) is 0 Å². The molecular formula is C32H54O. The van der Waals surface area contributed by atoms with Crippen molar-refractivity contribution < 1.29 is 5.11 Å². The highest BCUT2D eigenvalue weighted by Gasteiger charge is 2.82. The average Bonchev–Trinajstić information content (AvgIpc) is 3.34. The van der Waals surface area contributed by atoms with Gasteiger partial charge in [0.15, 0.2) is 0 Å². The van der Waals surface area contributed by atoms with E-state index in [1.54, 1.807) is 5.57 Å². The fourth-order valence-electron chi connectivity index (χ4n) is 11.7. The van der Waals surface area contributed by atoms with Crippen molar-refractivity contribution in [3.8, 4) is 0 Å². The van der Waals surface area contributed by atoms with E-state index in [2.05, 4.69) is 61.5 Å². The Morgan fingerprint density at radius 2 is 1.52 bits per heavy atom. The summed E-state index contributed by atoms with van der Waals surface area (Å²) in [6.45, 7) is 19.8. The van der Waals surface area contributed by atoms with Crippen LogP contribution in [-0.2, 0) is 0 Å². The van der Waals surface area contributed by atoms with Crippen molar-refractivity contribution in [1.29, 1.82) is 0 Å². The standard InChI is InChI=1S/C32H54O/c1-9-23(21(2)3)11-10-22(4)24-14-16-30(8)26-13-12-25-28(5,6)27(33)15-17-31(25)20-32(26,31)19-18-29(24,30)7/h9,21-22,24-27,33H,10-20H2,1-8H3/b23-9+/t22-,24-,25+,26+,27+,29-,30+,31-,32+/m1/s1. The summed E-state index contributed by atoms with van der Waals surface area (Å²) in [6, 6.07) is 0. The van der Waals surface area contributed by atoms with Gasteiger partial charge in [-0.25, -0.2) is 0 Å². The van der Waals surface area contributed by atoms with E-state index >= 15 is 0 Å². The van der Waals surface area contributed by atoms with Crippen molar-refractivity contribution in [3.05, 3.63) is 11.6 Å². The van der Waals surface area contributed by atoms with Crippen LogP contribution in [0.1, 0.15) is 126 Å². The summed E-state index contributed by atoms with van der Waals surface area (Å²) in [6.07, 6.45) is 17.5. The molecule has 33 heavy (non-hydrogen) atoms. The molecule has 5 fully saturated rings. The third kappa shape index (κ3) is 2.99. The quantitative estimate of drug-likeness (QED) is 0.411. The van der Waals surface area contributed by atoms with Crippen LogP contribution in [0.4, 0.5) is 0 Å². The molecule has 1 heteroatoms. The lowest BCUT2D eigenvalue weighted by atomic mass is 9.41. The van der Waals surface area contributed by atoms with Crippen molar-refractivity contribution in [2.45, 2.75) is 132 Å². The zero-order valence-corrected chi connectivity index (χ0v) is 23.3. The minimum atomic E-state index is -0.0867. The van der Waals surface area contributed by atoms with Crippen LogP contribution in [0.5, 0.6) is 0 Å². The molecule has 0 heterocycles. The number of allylic oxidation sites excluding steroid dienone is 2. The molecule has 0 unspecified atom stereocenters. The SMILES string of the molecule is C/C=C(\CC[C@@H](C)[C@H]1CC[C@@]2(C)[C@@H]3CC[C@H]4C(C)(C)[C@@H](O)CC[C@@]45C[C@@]35CC[C@]12C)C(C)C. The predicted molar refractivity (Wildman–Crippen MR) is 140 cm³/mol. The second kappa shape index (κ2) is 7.60. The molecule has 0 aromatic rings. The van der Waals surface area contributed by atoms with Gasteiger partial charge in [-0.2, -0.15) is 0 Å². The normalized spacial score (nSPS) is 51.4. The van der Waals surface area contributed by atoms with Crippen LogP contribution in [0.25, 0.3) is 0 Å². The molecule has 0 bridgehead atoms. The Labute approximate surface area is 205 Å². The first-order valence-electron chi connectivity index (χ1n) is 14.7. The lowest BCUT2D eigenvalue weighted by Crippen LogP contribution is -2.57. The van der Waals surface area contributed by atoms with E-state index in [1.807, 2.05) is 0 Å². The largest absolute Gasteiger partial charge is 0.393 e. The van der Waals surface area contributed by atoms with Crippen LogP contribution in [0.15, 0.2) is 11.6 Å². The third-order valence-electron chi connectivity index (χ3n) is 13.8. The van der Waals surface area contributed by atoms with Crippen molar-refractivity contribution in [1.82, 2.24) is 0 Å². The van der Waals surface area contributed by atoms with Gasteiger partial charge in [-0.05, 0) is 134 Å². The predicted octanol–water partition coefficient (Wildman–Crippen LogP) is 8.81. The summed E-state index contributed by atoms with van der Waals surface area (Å²) < 4.78 is 0. The van der Waals surface area contributed by atoms with Crippen molar-refractivity contribution >= 4 is 0 Å². The van der Waals surface area contributed by atoms with E-state index in [0.717, 1.165) is 30.1 Å². The highest BCUT2D eigenvalue weighted by atomic mass is 16.3. The first-order chi connectivity index (χ1) is 15.4. The summed E-state index contributed by atoms with van der Waals surface area (Å²) >= 11 is 0. The molecule has 1 N–H and O–H groups in total. The van der Waals surface area contributed by atoms with Crippen LogP contribution in [0, 0.1) is 56.7 Å². The van der Waals surface area contributed by atoms with Gasteiger partial charge in [-0.1, -0.05) is 60.1 Å². The zero-order chi connectivity index (χ0) is 24.0. The Bertz CT molecular complexity index is 807. The van der Waals surface area contributed by atoms with Gasteiger partial charge in [0.05, 0.1) is 6.10 Å². The monoisotopic (exact) mass is 454 g/mol. The third-order valence-corrected chi connectivity index (χ3v) is 13.8. The molecule has 5 rings (SSSR count). The molecule has 9 atom stereocenters. The summed E-state index contributed by atoms with van der Waals surface area (Å²) in [5, 5.41) is 10.9. The molecule has 188 valence electrons. The second-order valence-corrected chi connectivity index (χ2v) is 15.1. The Hall–Kier alpha value is -0.300. The first-order valence-corrected chi connectivity index (χ1v) is 14.7. The Morgan fingerprint density at radius 1 is 0.848 bits per heavy atom. The Balaban J connectivity index is 1.38. The fourth-order valence-corrected chi connectivity index (χ4v) is 11.7. The lowest BCUT2D eigenvalue weighted by molar-refractivity contribution is -0.161. The molecule has 1 nitrogen and oxygen atoms in total. The van der Waals surface area contributed by atoms with Gasteiger partial charge in [0.2, 0.25) is 0 Å². The molecule has 0 aromatic heterocycles. The van der Waals surface area contributed by atoms with Crippen LogP contribution in [0.3, 0.4) is 0 Å². The molecule has 0 saturated heterocycles. The molecule has 5 aliphatic rings. The highest BCUT2D eigenvalue weighted by Crippen LogP contribution is 2.89. The summed E-state index contributed by atoms with van der Waals surface area (Å²) in [5.74, 6) is 4.13. The Kier molecular flexibility index (Phi) is 5.62.